The maximum Gasteiger partial charge on any atom is 0.213 e. The zero-order chi connectivity index (χ0) is 15.1. The summed E-state index contributed by atoms with van der Waals surface area (Å²) < 4.78 is 10.3. The summed E-state index contributed by atoms with van der Waals surface area (Å²) in [6, 6.07) is 7.41. The van der Waals surface area contributed by atoms with Crippen molar-refractivity contribution in [1.82, 2.24) is 15.0 Å². The van der Waals surface area contributed by atoms with Gasteiger partial charge in [-0.2, -0.15) is 0 Å². The van der Waals surface area contributed by atoms with Gasteiger partial charge in [-0.1, -0.05) is 13.0 Å². The first-order chi connectivity index (χ1) is 10.3. The number of hydrogen-bond donors (Lipinski definition) is 1. The molecule has 0 fully saturated rings. The van der Waals surface area contributed by atoms with Crippen molar-refractivity contribution in [3.8, 4) is 17.4 Å². The summed E-state index contributed by atoms with van der Waals surface area (Å²) >= 11 is 0. The molecule has 2 aromatic rings. The van der Waals surface area contributed by atoms with E-state index in [0.29, 0.717) is 24.0 Å². The van der Waals surface area contributed by atoms with Gasteiger partial charge in [-0.25, -0.2) is 15.0 Å². The highest BCUT2D eigenvalue weighted by Crippen LogP contribution is 2.19. The molecule has 6 nitrogen and oxygen atoms in total. The fourth-order valence-corrected chi connectivity index (χ4v) is 1.83. The van der Waals surface area contributed by atoms with Crippen LogP contribution in [0.1, 0.15) is 19.0 Å². The fourth-order valence-electron chi connectivity index (χ4n) is 1.83. The summed E-state index contributed by atoms with van der Waals surface area (Å²) in [5.74, 6) is 1.87. The highest BCUT2D eigenvalue weighted by atomic mass is 16.5. The second-order valence-electron chi connectivity index (χ2n) is 4.49. The third kappa shape index (κ3) is 4.13. The van der Waals surface area contributed by atoms with Gasteiger partial charge in [0, 0.05) is 25.8 Å². The largest absolute Gasteiger partial charge is 0.481 e. The van der Waals surface area contributed by atoms with Crippen LogP contribution in [-0.2, 0) is 11.3 Å². The minimum atomic E-state index is 0.431. The van der Waals surface area contributed by atoms with E-state index in [9.17, 15) is 0 Å². The Morgan fingerprint density at radius 1 is 1.14 bits per heavy atom. The molecule has 0 aliphatic rings. The van der Waals surface area contributed by atoms with Crippen molar-refractivity contribution in [3.63, 3.8) is 0 Å². The summed E-state index contributed by atoms with van der Waals surface area (Å²) in [5, 5.41) is 3.27. The molecule has 21 heavy (non-hydrogen) atoms. The summed E-state index contributed by atoms with van der Waals surface area (Å²) in [5.41, 5.74) is 1.48. The first kappa shape index (κ1) is 15.2. The molecule has 1 N–H and O–H groups in total. The van der Waals surface area contributed by atoms with E-state index in [0.717, 1.165) is 24.5 Å². The van der Waals surface area contributed by atoms with Crippen molar-refractivity contribution in [2.75, 3.05) is 26.1 Å². The quantitative estimate of drug-likeness (QED) is 0.844. The first-order valence-corrected chi connectivity index (χ1v) is 6.89. The summed E-state index contributed by atoms with van der Waals surface area (Å²) in [4.78, 5) is 13.4. The van der Waals surface area contributed by atoms with Crippen molar-refractivity contribution < 1.29 is 9.47 Å². The topological polar surface area (TPSA) is 69.2 Å². The van der Waals surface area contributed by atoms with Crippen LogP contribution >= 0.6 is 0 Å². The maximum atomic E-state index is 5.16. The average molecular weight is 288 g/mol. The van der Waals surface area contributed by atoms with Crippen molar-refractivity contribution in [2.45, 2.75) is 20.0 Å². The second-order valence-corrected chi connectivity index (χ2v) is 4.49. The van der Waals surface area contributed by atoms with Crippen molar-refractivity contribution >= 4 is 5.82 Å². The predicted octanol–water partition coefficient (Wildman–Crippen LogP) is 2.52. The lowest BCUT2D eigenvalue weighted by molar-refractivity contribution is 0.181. The van der Waals surface area contributed by atoms with Gasteiger partial charge >= 0.3 is 0 Å². The molecule has 0 aliphatic carbocycles. The van der Waals surface area contributed by atoms with E-state index in [1.165, 1.54) is 0 Å². The Morgan fingerprint density at radius 3 is 2.71 bits per heavy atom. The number of ether oxygens (including phenoxy) is 2. The normalized spacial score (nSPS) is 10.4. The van der Waals surface area contributed by atoms with E-state index in [1.807, 2.05) is 18.2 Å². The zero-order valence-corrected chi connectivity index (χ0v) is 12.6. The SMILES string of the molecule is CCCNc1cc(COC)nc(-c2cccc(OC)n2)n1. The van der Waals surface area contributed by atoms with E-state index in [4.69, 9.17) is 9.47 Å². The molecular formula is C15H20N4O2. The van der Waals surface area contributed by atoms with Gasteiger partial charge in [-0.05, 0) is 12.5 Å². The lowest BCUT2D eigenvalue weighted by atomic mass is 10.3. The van der Waals surface area contributed by atoms with Crippen molar-refractivity contribution in [3.05, 3.63) is 30.0 Å². The number of hydrogen-bond acceptors (Lipinski definition) is 6. The Bertz CT molecular complexity index is 590. The molecule has 2 aromatic heterocycles. The maximum absolute atomic E-state index is 5.16. The highest BCUT2D eigenvalue weighted by Gasteiger charge is 2.09. The van der Waals surface area contributed by atoms with Crippen LogP contribution in [0.2, 0.25) is 0 Å². The fraction of sp³-hybridized carbons (Fsp3) is 0.400. The van der Waals surface area contributed by atoms with Crippen LogP contribution < -0.4 is 10.1 Å². The lowest BCUT2D eigenvalue weighted by Crippen LogP contribution is -2.06. The van der Waals surface area contributed by atoms with Gasteiger partial charge in [0.15, 0.2) is 5.82 Å². The van der Waals surface area contributed by atoms with Gasteiger partial charge in [0.25, 0.3) is 0 Å². The number of rotatable bonds is 7. The molecule has 0 amide bonds. The van der Waals surface area contributed by atoms with Gasteiger partial charge in [0.1, 0.15) is 11.5 Å². The number of aromatic nitrogens is 3. The van der Waals surface area contributed by atoms with Crippen LogP contribution in [0, 0.1) is 0 Å². The summed E-state index contributed by atoms with van der Waals surface area (Å²) in [7, 11) is 3.23. The Labute approximate surface area is 124 Å². The standard InChI is InChI=1S/C15H20N4O2/c1-4-8-16-13-9-11(10-20-2)17-15(19-13)12-6-5-7-14(18-12)21-3/h5-7,9H,4,8,10H2,1-3H3,(H,16,17,19). The smallest absolute Gasteiger partial charge is 0.213 e. The molecule has 6 heteroatoms. The van der Waals surface area contributed by atoms with Crippen LogP contribution in [0.15, 0.2) is 24.3 Å². The first-order valence-electron chi connectivity index (χ1n) is 6.89. The molecule has 0 atom stereocenters. The lowest BCUT2D eigenvalue weighted by Gasteiger charge is -2.09. The average Bonchev–Trinajstić information content (AvgIpc) is 2.53. The predicted molar refractivity (Wildman–Crippen MR) is 81.3 cm³/mol. The van der Waals surface area contributed by atoms with E-state index < -0.39 is 0 Å². The monoisotopic (exact) mass is 288 g/mol. The zero-order valence-electron chi connectivity index (χ0n) is 12.6. The number of pyridine rings is 1. The van der Waals surface area contributed by atoms with Gasteiger partial charge in [0.05, 0.1) is 19.4 Å². The van der Waals surface area contributed by atoms with Gasteiger partial charge in [-0.15, -0.1) is 0 Å². The number of nitrogens with zero attached hydrogens (tertiary/aromatic N) is 3. The molecule has 0 radical (unpaired) electrons. The summed E-state index contributed by atoms with van der Waals surface area (Å²) in [6.45, 7) is 3.39. The van der Waals surface area contributed by atoms with E-state index in [-0.39, 0.29) is 0 Å². The van der Waals surface area contributed by atoms with Gasteiger partial charge < -0.3 is 14.8 Å². The number of nitrogens with one attached hydrogen (secondary N) is 1. The second kappa shape index (κ2) is 7.54. The third-order valence-corrected chi connectivity index (χ3v) is 2.79. The molecule has 0 saturated carbocycles. The molecule has 2 rings (SSSR count). The van der Waals surface area contributed by atoms with Crippen LogP contribution in [0.4, 0.5) is 5.82 Å². The molecule has 112 valence electrons. The third-order valence-electron chi connectivity index (χ3n) is 2.79. The van der Waals surface area contributed by atoms with E-state index >= 15 is 0 Å². The number of anilines is 1. The van der Waals surface area contributed by atoms with E-state index in [2.05, 4.69) is 27.2 Å². The van der Waals surface area contributed by atoms with E-state index in [1.54, 1.807) is 20.3 Å². The molecule has 0 spiro atoms. The molecule has 0 aromatic carbocycles. The highest BCUT2D eigenvalue weighted by molar-refractivity contribution is 5.53. The van der Waals surface area contributed by atoms with Crippen molar-refractivity contribution in [1.29, 1.82) is 0 Å². The molecule has 0 saturated heterocycles. The van der Waals surface area contributed by atoms with Gasteiger partial charge in [-0.3, -0.25) is 0 Å². The Balaban J connectivity index is 2.37. The Hall–Kier alpha value is -2.21. The molecule has 0 unspecified atom stereocenters. The number of methoxy groups -OCH3 is 2. The Morgan fingerprint density at radius 2 is 2.00 bits per heavy atom. The van der Waals surface area contributed by atoms with Gasteiger partial charge in [0.2, 0.25) is 5.88 Å². The van der Waals surface area contributed by atoms with Crippen molar-refractivity contribution in [2.24, 2.45) is 0 Å². The molecular weight excluding hydrogens is 268 g/mol. The minimum absolute atomic E-state index is 0.431. The Kier molecular flexibility index (Phi) is 5.45. The van der Waals surface area contributed by atoms with Crippen LogP contribution in [0.3, 0.4) is 0 Å². The molecule has 0 aliphatic heterocycles. The minimum Gasteiger partial charge on any atom is -0.481 e. The molecule has 0 bridgehead atoms. The van der Waals surface area contributed by atoms with Crippen LogP contribution in [0.5, 0.6) is 5.88 Å². The van der Waals surface area contributed by atoms with Crippen LogP contribution in [0.25, 0.3) is 11.5 Å². The molecule has 2 heterocycles. The summed E-state index contributed by atoms with van der Waals surface area (Å²) in [6.07, 6.45) is 1.02. The van der Waals surface area contributed by atoms with Crippen LogP contribution in [-0.4, -0.2) is 35.7 Å².